The average molecular weight is 449 g/mol. The Morgan fingerprint density at radius 1 is 1.09 bits per heavy atom. The van der Waals surface area contributed by atoms with Gasteiger partial charge in [-0.1, -0.05) is 30.0 Å². The normalized spacial score (nSPS) is 11.5. The van der Waals surface area contributed by atoms with Gasteiger partial charge in [0.05, 0.1) is 23.8 Å². The molecule has 0 aliphatic heterocycles. The number of ether oxygens (including phenoxy) is 1. The van der Waals surface area contributed by atoms with Crippen LogP contribution >= 0.6 is 11.8 Å². The number of methoxy groups -OCH3 is 1. The molecule has 0 fully saturated rings. The summed E-state index contributed by atoms with van der Waals surface area (Å²) in [5.41, 5.74) is 2.53. The lowest BCUT2D eigenvalue weighted by Gasteiger charge is -2.11. The molecule has 0 atom stereocenters. The fourth-order valence-electron chi connectivity index (χ4n) is 3.71. The molecule has 5 aromatic rings. The molecule has 0 unspecified atom stereocenters. The number of hydrogen-bond donors (Lipinski definition) is 0. The third kappa shape index (κ3) is 3.21. The molecule has 32 heavy (non-hydrogen) atoms. The van der Waals surface area contributed by atoms with E-state index in [0.717, 1.165) is 16.8 Å². The molecule has 162 valence electrons. The van der Waals surface area contributed by atoms with Crippen molar-refractivity contribution in [1.82, 2.24) is 39.4 Å². The van der Waals surface area contributed by atoms with Crippen LogP contribution in [0.5, 0.6) is 5.75 Å². The van der Waals surface area contributed by atoms with E-state index in [1.165, 1.54) is 11.8 Å². The summed E-state index contributed by atoms with van der Waals surface area (Å²) in [6, 6.07) is 13.3. The van der Waals surface area contributed by atoms with E-state index in [1.54, 1.807) is 16.4 Å². The van der Waals surface area contributed by atoms with Gasteiger partial charge >= 0.3 is 0 Å². The fourth-order valence-corrected chi connectivity index (χ4v) is 4.50. The molecule has 11 heteroatoms. The van der Waals surface area contributed by atoms with Crippen LogP contribution in [-0.2, 0) is 12.3 Å². The minimum Gasteiger partial charge on any atom is -0.494 e. The average Bonchev–Trinajstić information content (AvgIpc) is 3.45. The van der Waals surface area contributed by atoms with Crippen LogP contribution < -0.4 is 10.3 Å². The summed E-state index contributed by atoms with van der Waals surface area (Å²) in [7, 11) is 1.62. The molecule has 0 bridgehead atoms. The number of nitrogens with zero attached hydrogens (tertiary/aromatic N) is 8. The van der Waals surface area contributed by atoms with E-state index < -0.39 is 0 Å². The highest BCUT2D eigenvalue weighted by Crippen LogP contribution is 2.28. The lowest BCUT2D eigenvalue weighted by Crippen LogP contribution is -2.22. The second kappa shape index (κ2) is 8.08. The first-order valence-electron chi connectivity index (χ1n) is 10.0. The molecule has 0 amide bonds. The summed E-state index contributed by atoms with van der Waals surface area (Å²) in [5, 5.41) is 22.1. The topological polar surface area (TPSA) is 105 Å². The maximum Gasteiger partial charge on any atom is 0.262 e. The maximum absolute atomic E-state index is 12.9. The molecule has 0 aliphatic rings. The minimum atomic E-state index is -0.0716. The van der Waals surface area contributed by atoms with Gasteiger partial charge in [0, 0.05) is 6.54 Å². The van der Waals surface area contributed by atoms with Crippen molar-refractivity contribution in [2.75, 3.05) is 7.11 Å². The van der Waals surface area contributed by atoms with E-state index in [0.29, 0.717) is 40.2 Å². The molecule has 0 saturated carbocycles. The molecule has 0 radical (unpaired) electrons. The number of rotatable bonds is 6. The summed E-state index contributed by atoms with van der Waals surface area (Å²) in [6.45, 7) is 4.42. The quantitative estimate of drug-likeness (QED) is 0.365. The zero-order chi connectivity index (χ0) is 22.2. The SMILES string of the molecule is CCn1c(=O)c2ccccc2n2c(CSc3nnnn3-c3cc(C)ccc3OC)nnc12. The Balaban J connectivity index is 1.56. The molecule has 5 rings (SSSR count). The predicted octanol–water partition coefficient (Wildman–Crippen LogP) is 2.65. The Morgan fingerprint density at radius 2 is 1.94 bits per heavy atom. The van der Waals surface area contributed by atoms with Gasteiger partial charge in [-0.25, -0.2) is 0 Å². The van der Waals surface area contributed by atoms with Gasteiger partial charge in [-0.15, -0.1) is 15.3 Å². The smallest absolute Gasteiger partial charge is 0.262 e. The zero-order valence-electron chi connectivity index (χ0n) is 17.8. The molecule has 0 aliphatic carbocycles. The van der Waals surface area contributed by atoms with Crippen LogP contribution in [0, 0.1) is 6.92 Å². The monoisotopic (exact) mass is 448 g/mol. The van der Waals surface area contributed by atoms with Crippen molar-refractivity contribution >= 4 is 28.4 Å². The largest absolute Gasteiger partial charge is 0.494 e. The van der Waals surface area contributed by atoms with E-state index in [9.17, 15) is 4.79 Å². The summed E-state index contributed by atoms with van der Waals surface area (Å²) >= 11 is 1.43. The second-order valence-electron chi connectivity index (χ2n) is 7.16. The molecular weight excluding hydrogens is 428 g/mol. The highest BCUT2D eigenvalue weighted by molar-refractivity contribution is 7.98. The first-order valence-corrected chi connectivity index (χ1v) is 11.0. The van der Waals surface area contributed by atoms with E-state index in [4.69, 9.17) is 4.74 Å². The molecule has 3 heterocycles. The number of hydrogen-bond acceptors (Lipinski definition) is 8. The molecule has 0 spiro atoms. The van der Waals surface area contributed by atoms with Gasteiger partial charge in [0.25, 0.3) is 5.56 Å². The number of benzene rings is 2. The Kier molecular flexibility index (Phi) is 5.10. The number of aryl methyl sites for hydroxylation is 2. The Morgan fingerprint density at radius 3 is 2.75 bits per heavy atom. The van der Waals surface area contributed by atoms with E-state index in [1.807, 2.05) is 60.7 Å². The summed E-state index contributed by atoms with van der Waals surface area (Å²) in [5.74, 6) is 2.36. The van der Waals surface area contributed by atoms with Crippen molar-refractivity contribution in [3.05, 3.63) is 64.2 Å². The third-order valence-electron chi connectivity index (χ3n) is 5.22. The van der Waals surface area contributed by atoms with Crippen LogP contribution in [-0.4, -0.2) is 46.5 Å². The molecule has 2 aromatic carbocycles. The Labute approximate surface area is 186 Å². The van der Waals surface area contributed by atoms with Gasteiger partial charge in [0.2, 0.25) is 10.9 Å². The van der Waals surface area contributed by atoms with Crippen LogP contribution in [0.15, 0.2) is 52.4 Å². The fraction of sp³-hybridized carbons (Fsp3) is 0.238. The highest BCUT2D eigenvalue weighted by atomic mass is 32.2. The van der Waals surface area contributed by atoms with Gasteiger partial charge in [-0.05, 0) is 54.1 Å². The molecular formula is C21H20N8O2S. The molecule has 10 nitrogen and oxygen atoms in total. The van der Waals surface area contributed by atoms with Gasteiger partial charge in [-0.3, -0.25) is 13.8 Å². The standard InChI is InChI=1S/C21H20N8O2S/c1-4-27-19(30)14-7-5-6-8-15(14)28-18(22-23-20(27)28)12-32-21-24-25-26-29(21)16-11-13(2)9-10-17(16)31-3/h5-11H,4,12H2,1-3H3. The van der Waals surface area contributed by atoms with Crippen LogP contribution in [0.1, 0.15) is 18.3 Å². The first kappa shape index (κ1) is 20.2. The van der Waals surface area contributed by atoms with Crippen molar-refractivity contribution in [3.63, 3.8) is 0 Å². The van der Waals surface area contributed by atoms with Gasteiger partial charge in [0.1, 0.15) is 17.3 Å². The highest BCUT2D eigenvalue weighted by Gasteiger charge is 2.18. The van der Waals surface area contributed by atoms with Crippen molar-refractivity contribution in [2.24, 2.45) is 0 Å². The molecule has 0 N–H and O–H groups in total. The lowest BCUT2D eigenvalue weighted by atomic mass is 10.2. The van der Waals surface area contributed by atoms with Crippen molar-refractivity contribution < 1.29 is 4.74 Å². The van der Waals surface area contributed by atoms with Gasteiger partial charge in [0.15, 0.2) is 0 Å². The van der Waals surface area contributed by atoms with E-state index in [2.05, 4.69) is 25.7 Å². The summed E-state index contributed by atoms with van der Waals surface area (Å²) in [4.78, 5) is 12.9. The second-order valence-corrected chi connectivity index (χ2v) is 8.10. The van der Waals surface area contributed by atoms with Gasteiger partial charge in [-0.2, -0.15) is 4.68 Å². The minimum absolute atomic E-state index is 0.0716. The van der Waals surface area contributed by atoms with Gasteiger partial charge < -0.3 is 4.74 Å². The first-order chi connectivity index (χ1) is 15.6. The number of aromatic nitrogens is 8. The number of thioether (sulfide) groups is 1. The predicted molar refractivity (Wildman–Crippen MR) is 120 cm³/mol. The molecule has 3 aromatic heterocycles. The van der Waals surface area contributed by atoms with Crippen molar-refractivity contribution in [2.45, 2.75) is 31.3 Å². The van der Waals surface area contributed by atoms with Crippen LogP contribution in [0.2, 0.25) is 0 Å². The number of fused-ring (bicyclic) bond motifs is 3. The van der Waals surface area contributed by atoms with E-state index >= 15 is 0 Å². The van der Waals surface area contributed by atoms with Crippen molar-refractivity contribution in [3.8, 4) is 11.4 Å². The zero-order valence-corrected chi connectivity index (χ0v) is 18.6. The Bertz CT molecular complexity index is 1500. The van der Waals surface area contributed by atoms with Crippen LogP contribution in [0.4, 0.5) is 0 Å². The Hall–Kier alpha value is -3.73. The molecule has 0 saturated heterocycles. The number of para-hydroxylation sites is 1. The summed E-state index contributed by atoms with van der Waals surface area (Å²) in [6.07, 6.45) is 0. The van der Waals surface area contributed by atoms with Crippen LogP contribution in [0.3, 0.4) is 0 Å². The number of tetrazole rings is 1. The lowest BCUT2D eigenvalue weighted by molar-refractivity contribution is 0.410. The maximum atomic E-state index is 12.9. The summed E-state index contributed by atoms with van der Waals surface area (Å²) < 4.78 is 10.7. The van der Waals surface area contributed by atoms with E-state index in [-0.39, 0.29) is 5.56 Å². The third-order valence-corrected chi connectivity index (χ3v) is 6.14. The van der Waals surface area contributed by atoms with Crippen LogP contribution in [0.25, 0.3) is 22.4 Å². The van der Waals surface area contributed by atoms with Crippen molar-refractivity contribution in [1.29, 1.82) is 0 Å².